The highest BCUT2D eigenvalue weighted by Crippen LogP contribution is 2.13. The highest BCUT2D eigenvalue weighted by molar-refractivity contribution is 4.77. The highest BCUT2D eigenvalue weighted by atomic mass is 16.5. The summed E-state index contributed by atoms with van der Waals surface area (Å²) in [6.45, 7) is 11.8. The van der Waals surface area contributed by atoms with Gasteiger partial charge in [0.1, 0.15) is 0 Å². The van der Waals surface area contributed by atoms with Crippen molar-refractivity contribution in [1.29, 1.82) is 0 Å². The van der Waals surface area contributed by atoms with Crippen LogP contribution < -0.4 is 5.73 Å². The van der Waals surface area contributed by atoms with Crippen LogP contribution in [0.3, 0.4) is 0 Å². The monoisotopic (exact) mass is 214 g/mol. The van der Waals surface area contributed by atoms with E-state index in [1.165, 1.54) is 0 Å². The lowest BCUT2D eigenvalue weighted by Gasteiger charge is -2.37. The van der Waals surface area contributed by atoms with E-state index in [2.05, 4.69) is 32.6 Å². The molecule has 1 fully saturated rings. The number of nitrogens with two attached hydrogens (primary N) is 1. The molecule has 90 valence electrons. The Morgan fingerprint density at radius 1 is 1.40 bits per heavy atom. The summed E-state index contributed by atoms with van der Waals surface area (Å²) in [6, 6.07) is 0.871. The minimum atomic E-state index is 0.329. The lowest BCUT2D eigenvalue weighted by Crippen LogP contribution is -2.48. The van der Waals surface area contributed by atoms with Gasteiger partial charge in [0.05, 0.1) is 12.7 Å². The van der Waals surface area contributed by atoms with Crippen molar-refractivity contribution in [2.75, 3.05) is 19.7 Å². The first-order valence-electron chi connectivity index (χ1n) is 6.12. The minimum absolute atomic E-state index is 0.329. The number of rotatable bonds is 4. The van der Waals surface area contributed by atoms with Crippen molar-refractivity contribution in [2.24, 2.45) is 11.7 Å². The van der Waals surface area contributed by atoms with Crippen LogP contribution in [0.2, 0.25) is 0 Å². The molecule has 0 bridgehead atoms. The van der Waals surface area contributed by atoms with Gasteiger partial charge in [-0.1, -0.05) is 13.8 Å². The first kappa shape index (κ1) is 12.9. The lowest BCUT2D eigenvalue weighted by molar-refractivity contribution is -0.0502. The third kappa shape index (κ3) is 4.09. The SMILES string of the molecule is CC1CN(CCC(N)C(C)C)C(C)CO1. The summed E-state index contributed by atoms with van der Waals surface area (Å²) in [4.78, 5) is 2.50. The molecular formula is C12H26N2O. The van der Waals surface area contributed by atoms with Gasteiger partial charge in [-0.25, -0.2) is 0 Å². The summed E-state index contributed by atoms with van der Waals surface area (Å²) in [5, 5.41) is 0. The molecule has 0 amide bonds. The van der Waals surface area contributed by atoms with Gasteiger partial charge in [0.25, 0.3) is 0 Å². The van der Waals surface area contributed by atoms with E-state index in [0.717, 1.165) is 26.1 Å². The predicted octanol–water partition coefficient (Wildman–Crippen LogP) is 1.47. The molecule has 3 nitrogen and oxygen atoms in total. The van der Waals surface area contributed by atoms with Gasteiger partial charge in [-0.3, -0.25) is 4.90 Å². The normalized spacial score (nSPS) is 30.8. The predicted molar refractivity (Wildman–Crippen MR) is 63.9 cm³/mol. The van der Waals surface area contributed by atoms with E-state index >= 15 is 0 Å². The molecule has 1 aliphatic rings. The second kappa shape index (κ2) is 5.83. The van der Waals surface area contributed by atoms with Crippen molar-refractivity contribution in [1.82, 2.24) is 4.90 Å². The molecule has 0 aromatic carbocycles. The number of hydrogen-bond acceptors (Lipinski definition) is 3. The molecule has 0 saturated carbocycles. The summed E-state index contributed by atoms with van der Waals surface area (Å²) in [5.41, 5.74) is 6.06. The zero-order valence-corrected chi connectivity index (χ0v) is 10.6. The molecule has 2 N–H and O–H groups in total. The Hall–Kier alpha value is -0.120. The number of morpholine rings is 1. The van der Waals surface area contributed by atoms with Crippen LogP contribution in [0, 0.1) is 5.92 Å². The van der Waals surface area contributed by atoms with Crippen molar-refractivity contribution in [3.63, 3.8) is 0 Å². The Labute approximate surface area is 94.0 Å². The molecule has 0 spiro atoms. The summed E-state index contributed by atoms with van der Waals surface area (Å²) in [6.07, 6.45) is 1.46. The van der Waals surface area contributed by atoms with Crippen LogP contribution in [-0.4, -0.2) is 42.8 Å². The molecule has 3 unspecified atom stereocenters. The number of ether oxygens (including phenoxy) is 1. The largest absolute Gasteiger partial charge is 0.376 e. The van der Waals surface area contributed by atoms with Gasteiger partial charge in [0.15, 0.2) is 0 Å². The van der Waals surface area contributed by atoms with Gasteiger partial charge in [0, 0.05) is 25.2 Å². The van der Waals surface area contributed by atoms with Crippen molar-refractivity contribution in [3.05, 3.63) is 0 Å². The third-order valence-corrected chi connectivity index (χ3v) is 3.34. The molecule has 0 radical (unpaired) electrons. The molecular weight excluding hydrogens is 188 g/mol. The second-order valence-electron chi connectivity index (χ2n) is 5.18. The highest BCUT2D eigenvalue weighted by Gasteiger charge is 2.23. The van der Waals surface area contributed by atoms with Crippen molar-refractivity contribution in [2.45, 2.75) is 52.3 Å². The third-order valence-electron chi connectivity index (χ3n) is 3.34. The summed E-state index contributed by atoms with van der Waals surface area (Å²) < 4.78 is 5.60. The molecule has 3 heteroatoms. The van der Waals surface area contributed by atoms with Gasteiger partial charge < -0.3 is 10.5 Å². The van der Waals surface area contributed by atoms with E-state index in [-0.39, 0.29) is 0 Å². The Kier molecular flexibility index (Phi) is 5.03. The van der Waals surface area contributed by atoms with Crippen molar-refractivity contribution >= 4 is 0 Å². The van der Waals surface area contributed by atoms with Crippen LogP contribution in [-0.2, 0) is 4.74 Å². The van der Waals surface area contributed by atoms with E-state index in [0.29, 0.717) is 24.1 Å². The first-order valence-corrected chi connectivity index (χ1v) is 6.12. The van der Waals surface area contributed by atoms with Crippen LogP contribution in [0.5, 0.6) is 0 Å². The van der Waals surface area contributed by atoms with Crippen LogP contribution >= 0.6 is 0 Å². The fourth-order valence-corrected chi connectivity index (χ4v) is 1.93. The molecule has 1 aliphatic heterocycles. The van der Waals surface area contributed by atoms with Crippen LogP contribution in [0.4, 0.5) is 0 Å². The number of nitrogens with zero attached hydrogens (tertiary/aromatic N) is 1. The topological polar surface area (TPSA) is 38.5 Å². The summed E-state index contributed by atoms with van der Waals surface area (Å²) in [5.74, 6) is 0.582. The smallest absolute Gasteiger partial charge is 0.0674 e. The molecule has 0 aromatic heterocycles. The molecule has 1 rings (SSSR count). The minimum Gasteiger partial charge on any atom is -0.376 e. The zero-order valence-electron chi connectivity index (χ0n) is 10.6. The van der Waals surface area contributed by atoms with E-state index in [9.17, 15) is 0 Å². The van der Waals surface area contributed by atoms with E-state index in [1.54, 1.807) is 0 Å². The Morgan fingerprint density at radius 3 is 2.67 bits per heavy atom. The van der Waals surface area contributed by atoms with Gasteiger partial charge in [-0.05, 0) is 26.2 Å². The van der Waals surface area contributed by atoms with Crippen molar-refractivity contribution in [3.8, 4) is 0 Å². The maximum atomic E-state index is 6.06. The summed E-state index contributed by atoms with van der Waals surface area (Å²) >= 11 is 0. The van der Waals surface area contributed by atoms with Gasteiger partial charge in [0.2, 0.25) is 0 Å². The Balaban J connectivity index is 2.30. The van der Waals surface area contributed by atoms with Crippen LogP contribution in [0.1, 0.15) is 34.1 Å². The lowest BCUT2D eigenvalue weighted by atomic mass is 10.0. The fourth-order valence-electron chi connectivity index (χ4n) is 1.93. The van der Waals surface area contributed by atoms with Gasteiger partial charge >= 0.3 is 0 Å². The van der Waals surface area contributed by atoms with Gasteiger partial charge in [-0.15, -0.1) is 0 Å². The second-order valence-corrected chi connectivity index (χ2v) is 5.18. The van der Waals surface area contributed by atoms with Crippen LogP contribution in [0.15, 0.2) is 0 Å². The Morgan fingerprint density at radius 2 is 2.07 bits per heavy atom. The Bertz CT molecular complexity index is 184. The van der Waals surface area contributed by atoms with Gasteiger partial charge in [-0.2, -0.15) is 0 Å². The van der Waals surface area contributed by atoms with Crippen molar-refractivity contribution < 1.29 is 4.74 Å². The molecule has 0 aliphatic carbocycles. The average molecular weight is 214 g/mol. The molecule has 3 atom stereocenters. The van der Waals surface area contributed by atoms with E-state index in [4.69, 9.17) is 10.5 Å². The average Bonchev–Trinajstić information content (AvgIpc) is 2.18. The van der Waals surface area contributed by atoms with E-state index < -0.39 is 0 Å². The first-order chi connectivity index (χ1) is 7.00. The van der Waals surface area contributed by atoms with Crippen LogP contribution in [0.25, 0.3) is 0 Å². The molecule has 15 heavy (non-hydrogen) atoms. The van der Waals surface area contributed by atoms with E-state index in [1.807, 2.05) is 0 Å². The number of hydrogen-bond donors (Lipinski definition) is 1. The quantitative estimate of drug-likeness (QED) is 0.770. The maximum absolute atomic E-state index is 6.06. The standard InChI is InChI=1S/C12H26N2O/c1-9(2)12(13)5-6-14-7-11(4)15-8-10(14)3/h9-12H,5-8,13H2,1-4H3. The summed E-state index contributed by atoms with van der Waals surface area (Å²) in [7, 11) is 0. The molecule has 1 heterocycles. The maximum Gasteiger partial charge on any atom is 0.0674 e. The molecule has 1 saturated heterocycles. The molecule has 0 aromatic rings. The fraction of sp³-hybridized carbons (Fsp3) is 1.00. The zero-order chi connectivity index (χ0) is 11.4.